The number of amides is 1. The van der Waals surface area contributed by atoms with Gasteiger partial charge in [-0.3, -0.25) is 4.79 Å². The number of likely N-dealkylation sites (tertiary alicyclic amines) is 1. The maximum Gasteiger partial charge on any atom is 0.274 e. The maximum absolute atomic E-state index is 14.2. The van der Waals surface area contributed by atoms with E-state index in [2.05, 4.69) is 20.6 Å². The molecule has 2 aliphatic rings. The second-order valence-electron chi connectivity index (χ2n) is 10.7. The van der Waals surface area contributed by atoms with Gasteiger partial charge in [-0.1, -0.05) is 0 Å². The summed E-state index contributed by atoms with van der Waals surface area (Å²) in [5.74, 6) is 0.143. The molecule has 10 heteroatoms. The van der Waals surface area contributed by atoms with Gasteiger partial charge in [0.2, 0.25) is 0 Å². The summed E-state index contributed by atoms with van der Waals surface area (Å²) in [6, 6.07) is 1.64. The Morgan fingerprint density at radius 2 is 2.09 bits per heavy atom. The predicted octanol–water partition coefficient (Wildman–Crippen LogP) is 4.98. The molecule has 2 fully saturated rings. The van der Waals surface area contributed by atoms with E-state index < -0.39 is 6.43 Å². The minimum absolute atomic E-state index is 0.0876. The van der Waals surface area contributed by atoms with Gasteiger partial charge < -0.3 is 20.6 Å². The van der Waals surface area contributed by atoms with Crippen LogP contribution in [0.2, 0.25) is 0 Å². The predicted molar refractivity (Wildman–Crippen MR) is 134 cm³/mol. The SMILES string of the molecule is C[C@H]1CCCN1C(=O)c1nc(CN[C@@H]2CC[C@@H](O)C2)sc1-c1cnc(NC(C)(C)C)cc1C(F)F. The summed E-state index contributed by atoms with van der Waals surface area (Å²) >= 11 is 1.26. The third-order valence-corrected chi connectivity index (χ3v) is 7.64. The smallest absolute Gasteiger partial charge is 0.274 e. The number of pyridine rings is 1. The van der Waals surface area contributed by atoms with Crippen LogP contribution in [0.15, 0.2) is 12.3 Å². The average Bonchev–Trinajstić information content (AvgIpc) is 3.50. The van der Waals surface area contributed by atoms with Gasteiger partial charge in [0.25, 0.3) is 12.3 Å². The zero-order valence-corrected chi connectivity index (χ0v) is 21.6. The van der Waals surface area contributed by atoms with Crippen LogP contribution < -0.4 is 10.6 Å². The lowest BCUT2D eigenvalue weighted by atomic mass is 10.1. The van der Waals surface area contributed by atoms with Crippen molar-refractivity contribution in [2.75, 3.05) is 11.9 Å². The Balaban J connectivity index is 1.70. The average molecular weight is 508 g/mol. The number of aromatic nitrogens is 2. The van der Waals surface area contributed by atoms with E-state index in [0.717, 1.165) is 25.7 Å². The largest absolute Gasteiger partial charge is 0.393 e. The normalized spacial score (nSPS) is 22.9. The van der Waals surface area contributed by atoms with Gasteiger partial charge in [-0.15, -0.1) is 11.3 Å². The summed E-state index contributed by atoms with van der Waals surface area (Å²) in [5, 5.41) is 17.0. The number of halogens is 2. The summed E-state index contributed by atoms with van der Waals surface area (Å²) in [5.41, 5.74) is -0.0442. The molecule has 0 radical (unpaired) electrons. The lowest BCUT2D eigenvalue weighted by molar-refractivity contribution is 0.0742. The van der Waals surface area contributed by atoms with Gasteiger partial charge in [0, 0.05) is 48.0 Å². The van der Waals surface area contributed by atoms with Gasteiger partial charge in [0.1, 0.15) is 16.5 Å². The highest BCUT2D eigenvalue weighted by molar-refractivity contribution is 7.15. The first-order chi connectivity index (χ1) is 16.5. The molecule has 3 atom stereocenters. The van der Waals surface area contributed by atoms with Gasteiger partial charge in [0.05, 0.1) is 11.0 Å². The Hall–Kier alpha value is -2.17. The second kappa shape index (κ2) is 10.4. The molecule has 0 unspecified atom stereocenters. The van der Waals surface area contributed by atoms with Crippen molar-refractivity contribution in [1.29, 1.82) is 0 Å². The lowest BCUT2D eigenvalue weighted by Gasteiger charge is -2.23. The molecule has 7 nitrogen and oxygen atoms in total. The number of alkyl halides is 2. The van der Waals surface area contributed by atoms with Crippen LogP contribution in [0.1, 0.15) is 87.3 Å². The number of carbonyl (C=O) groups excluding carboxylic acids is 1. The molecular weight excluding hydrogens is 472 g/mol. The molecule has 4 rings (SSSR count). The third kappa shape index (κ3) is 6.16. The van der Waals surface area contributed by atoms with Crippen LogP contribution in [-0.2, 0) is 6.54 Å². The van der Waals surface area contributed by atoms with Gasteiger partial charge in [-0.2, -0.15) is 0 Å². The second-order valence-corrected chi connectivity index (χ2v) is 11.7. The van der Waals surface area contributed by atoms with Crippen LogP contribution in [0.3, 0.4) is 0 Å². The molecule has 3 N–H and O–H groups in total. The minimum Gasteiger partial charge on any atom is -0.393 e. The van der Waals surface area contributed by atoms with Crippen molar-refractivity contribution in [2.24, 2.45) is 0 Å². The van der Waals surface area contributed by atoms with Crippen molar-refractivity contribution in [3.05, 3.63) is 28.5 Å². The summed E-state index contributed by atoms with van der Waals surface area (Å²) in [7, 11) is 0. The number of nitrogens with zero attached hydrogens (tertiary/aromatic N) is 3. The van der Waals surface area contributed by atoms with E-state index in [-0.39, 0.29) is 46.5 Å². The number of carbonyl (C=O) groups is 1. The standard InChI is InChI=1S/C25H35F2N5O2S/c1-14-6-5-9-32(14)24(34)21-22(35-20(30-21)13-28-15-7-8-16(33)10-15)18-12-29-19(31-25(2,3)4)11-17(18)23(26)27/h11-12,14-16,23,28,33H,5-10,13H2,1-4H3,(H,29,31)/t14-,15+,16+/m0/s1. The number of hydrogen-bond donors (Lipinski definition) is 3. The van der Waals surface area contributed by atoms with E-state index in [4.69, 9.17) is 0 Å². The fourth-order valence-electron chi connectivity index (χ4n) is 4.81. The van der Waals surface area contributed by atoms with E-state index in [9.17, 15) is 18.7 Å². The molecule has 3 heterocycles. The fraction of sp³-hybridized carbons (Fsp3) is 0.640. The van der Waals surface area contributed by atoms with Crippen LogP contribution in [0.4, 0.5) is 14.6 Å². The maximum atomic E-state index is 14.2. The third-order valence-electron chi connectivity index (χ3n) is 6.55. The lowest BCUT2D eigenvalue weighted by Crippen LogP contribution is -2.34. The van der Waals surface area contributed by atoms with Crippen LogP contribution in [-0.4, -0.2) is 56.2 Å². The van der Waals surface area contributed by atoms with E-state index in [1.165, 1.54) is 23.6 Å². The molecule has 1 saturated carbocycles. The first kappa shape index (κ1) is 25.9. The van der Waals surface area contributed by atoms with Crippen LogP contribution in [0.5, 0.6) is 0 Å². The number of aliphatic hydroxyl groups is 1. The Labute approximate surface area is 209 Å². The molecule has 1 aliphatic heterocycles. The number of rotatable bonds is 7. The molecule has 0 bridgehead atoms. The van der Waals surface area contributed by atoms with Gasteiger partial charge >= 0.3 is 0 Å². The zero-order valence-electron chi connectivity index (χ0n) is 20.8. The van der Waals surface area contributed by atoms with Crippen molar-refractivity contribution in [1.82, 2.24) is 20.2 Å². The van der Waals surface area contributed by atoms with Crippen molar-refractivity contribution in [3.63, 3.8) is 0 Å². The highest BCUT2D eigenvalue weighted by Crippen LogP contribution is 2.39. The highest BCUT2D eigenvalue weighted by atomic mass is 32.1. The zero-order chi connectivity index (χ0) is 25.3. The number of hydrogen-bond acceptors (Lipinski definition) is 7. The summed E-state index contributed by atoms with van der Waals surface area (Å²) in [6.07, 6.45) is 2.55. The fourth-order valence-corrected chi connectivity index (χ4v) is 5.85. The molecule has 2 aromatic rings. The molecule has 192 valence electrons. The Morgan fingerprint density at radius 1 is 1.31 bits per heavy atom. The van der Waals surface area contributed by atoms with Crippen molar-refractivity contribution >= 4 is 23.1 Å². The van der Waals surface area contributed by atoms with E-state index in [1.54, 1.807) is 4.90 Å². The molecule has 0 spiro atoms. The molecule has 35 heavy (non-hydrogen) atoms. The van der Waals surface area contributed by atoms with E-state index >= 15 is 0 Å². The van der Waals surface area contributed by atoms with Crippen LogP contribution in [0.25, 0.3) is 10.4 Å². The van der Waals surface area contributed by atoms with Gasteiger partial charge in [-0.05, 0) is 65.9 Å². The van der Waals surface area contributed by atoms with Crippen molar-refractivity contribution < 1.29 is 18.7 Å². The van der Waals surface area contributed by atoms with Crippen LogP contribution >= 0.6 is 11.3 Å². The highest BCUT2D eigenvalue weighted by Gasteiger charge is 2.32. The number of aliphatic hydroxyl groups excluding tert-OH is 1. The Bertz CT molecular complexity index is 1050. The monoisotopic (exact) mass is 507 g/mol. The van der Waals surface area contributed by atoms with Crippen molar-refractivity contribution in [2.45, 2.75) is 96.5 Å². The summed E-state index contributed by atoms with van der Waals surface area (Å²) in [6.45, 7) is 8.86. The molecule has 1 aliphatic carbocycles. The van der Waals surface area contributed by atoms with Gasteiger partial charge in [-0.25, -0.2) is 18.7 Å². The first-order valence-corrected chi connectivity index (χ1v) is 13.1. The quantitative estimate of drug-likeness (QED) is 0.490. The van der Waals surface area contributed by atoms with E-state index in [1.807, 2.05) is 27.7 Å². The topological polar surface area (TPSA) is 90.4 Å². The minimum atomic E-state index is -2.73. The molecule has 1 saturated heterocycles. The molecular formula is C25H35F2N5O2S. The Kier molecular flexibility index (Phi) is 7.73. The molecule has 1 amide bonds. The Morgan fingerprint density at radius 3 is 2.69 bits per heavy atom. The molecule has 0 aromatic carbocycles. The first-order valence-electron chi connectivity index (χ1n) is 12.3. The van der Waals surface area contributed by atoms with Gasteiger partial charge in [0.15, 0.2) is 0 Å². The van der Waals surface area contributed by atoms with Crippen LogP contribution in [0, 0.1) is 0 Å². The van der Waals surface area contributed by atoms with Crippen molar-refractivity contribution in [3.8, 4) is 10.4 Å². The summed E-state index contributed by atoms with van der Waals surface area (Å²) < 4.78 is 28.4. The molecule has 2 aromatic heterocycles. The number of nitrogens with one attached hydrogen (secondary N) is 2. The number of anilines is 1. The summed E-state index contributed by atoms with van der Waals surface area (Å²) in [4.78, 5) is 24.8. The van der Waals surface area contributed by atoms with E-state index in [0.29, 0.717) is 35.2 Å². The number of thiazole rings is 1.